The molecule has 0 aromatic carbocycles. The van der Waals surface area contributed by atoms with E-state index in [9.17, 15) is 0 Å². The topological polar surface area (TPSA) is 18.5 Å². The van der Waals surface area contributed by atoms with Crippen LogP contribution in [0, 0.1) is 0 Å². The smallest absolute Gasteiger partial charge is 0.104 e. The molecule has 0 bridgehead atoms. The van der Waals surface area contributed by atoms with Gasteiger partial charge in [0.1, 0.15) is 23.0 Å². The molecule has 0 fully saturated rings. The molecule has 0 aliphatic heterocycles. The Morgan fingerprint density at radius 2 is 1.00 bits per heavy atom. The monoisotopic (exact) mass is 268 g/mol. The molecule has 0 atom stereocenters. The van der Waals surface area contributed by atoms with E-state index >= 15 is 0 Å². The first kappa shape index (κ1) is 13.0. The lowest BCUT2D eigenvalue weighted by Crippen LogP contribution is -2.02. The van der Waals surface area contributed by atoms with Gasteiger partial charge in [-0.2, -0.15) is 0 Å². The van der Waals surface area contributed by atoms with Crippen LogP contribution < -0.4 is 0 Å². The number of allylic oxidation sites excluding steroid dienone is 12. The minimum Gasteiger partial charge on any atom is -0.466 e. The van der Waals surface area contributed by atoms with E-state index in [0.29, 0.717) is 0 Å². The number of rotatable bonds is 4. The molecule has 2 nitrogen and oxygen atoms in total. The molecule has 3 aliphatic rings. The normalized spacial score (nSPS) is 21.6. The highest BCUT2D eigenvalue weighted by atomic mass is 16.5. The fourth-order valence-corrected chi connectivity index (χ4v) is 2.44. The lowest BCUT2D eigenvalue weighted by molar-refractivity contribution is 0.245. The molecule has 2 heteroatoms. The summed E-state index contributed by atoms with van der Waals surface area (Å²) < 4.78 is 11.8. The van der Waals surface area contributed by atoms with Crippen molar-refractivity contribution in [3.8, 4) is 0 Å². The average molecular weight is 268 g/mol. The fraction of sp³-hybridized carbons (Fsp3) is 0.333. The predicted octanol–water partition coefficient (Wildman–Crippen LogP) is 5.05. The first-order valence-electron chi connectivity index (χ1n) is 7.37. The van der Waals surface area contributed by atoms with Crippen LogP contribution in [0.5, 0.6) is 0 Å². The van der Waals surface area contributed by atoms with Crippen LogP contribution in [0.2, 0.25) is 0 Å². The van der Waals surface area contributed by atoms with Crippen molar-refractivity contribution < 1.29 is 9.47 Å². The van der Waals surface area contributed by atoms with Gasteiger partial charge in [-0.1, -0.05) is 24.3 Å². The number of hydrogen-bond donors (Lipinski definition) is 0. The second-order valence-electron chi connectivity index (χ2n) is 5.17. The summed E-state index contributed by atoms with van der Waals surface area (Å²) in [5.41, 5.74) is 0. The van der Waals surface area contributed by atoms with Crippen LogP contribution in [-0.4, -0.2) is 0 Å². The highest BCUT2D eigenvalue weighted by molar-refractivity contribution is 5.23. The standard InChI is InChI=1S/C18H20O2/c1-3-7-15(8-4-1)19-17-11-13-18(14-12-17)20-16-9-5-2-6-10-16/h1-3,5,7,9,11,13H,4,6,8,10,12,14H2. The quantitative estimate of drug-likeness (QED) is 0.710. The molecule has 3 aliphatic carbocycles. The van der Waals surface area contributed by atoms with E-state index in [1.165, 1.54) is 0 Å². The summed E-state index contributed by atoms with van der Waals surface area (Å²) in [6.45, 7) is 0. The summed E-state index contributed by atoms with van der Waals surface area (Å²) in [6, 6.07) is 0. The highest BCUT2D eigenvalue weighted by Gasteiger charge is 2.12. The molecule has 20 heavy (non-hydrogen) atoms. The van der Waals surface area contributed by atoms with E-state index < -0.39 is 0 Å². The Hall–Kier alpha value is -1.96. The van der Waals surface area contributed by atoms with Crippen molar-refractivity contribution in [1.82, 2.24) is 0 Å². The van der Waals surface area contributed by atoms with Crippen LogP contribution >= 0.6 is 0 Å². The van der Waals surface area contributed by atoms with Crippen LogP contribution in [-0.2, 0) is 9.47 Å². The summed E-state index contributed by atoms with van der Waals surface area (Å²) in [4.78, 5) is 0. The van der Waals surface area contributed by atoms with Gasteiger partial charge in [-0.15, -0.1) is 0 Å². The number of hydrogen-bond acceptors (Lipinski definition) is 2. The minimum atomic E-state index is 0.913. The van der Waals surface area contributed by atoms with Gasteiger partial charge in [0, 0.05) is 25.7 Å². The summed E-state index contributed by atoms with van der Waals surface area (Å²) in [5.74, 6) is 4.21. The van der Waals surface area contributed by atoms with Gasteiger partial charge in [0.25, 0.3) is 0 Å². The Bertz CT molecular complexity index is 492. The molecule has 0 spiro atoms. The van der Waals surface area contributed by atoms with Crippen LogP contribution in [0.1, 0.15) is 38.5 Å². The van der Waals surface area contributed by atoms with E-state index in [0.717, 1.165) is 61.6 Å². The van der Waals surface area contributed by atoms with Gasteiger partial charge in [0.05, 0.1) is 0 Å². The van der Waals surface area contributed by atoms with Gasteiger partial charge >= 0.3 is 0 Å². The predicted molar refractivity (Wildman–Crippen MR) is 80.5 cm³/mol. The zero-order valence-corrected chi connectivity index (χ0v) is 11.7. The third kappa shape index (κ3) is 3.53. The molecule has 3 rings (SSSR count). The Morgan fingerprint density at radius 1 is 0.550 bits per heavy atom. The van der Waals surface area contributed by atoms with E-state index in [-0.39, 0.29) is 0 Å². The van der Waals surface area contributed by atoms with Crippen molar-refractivity contribution in [2.24, 2.45) is 0 Å². The third-order valence-corrected chi connectivity index (χ3v) is 3.55. The molecule has 0 N–H and O–H groups in total. The maximum atomic E-state index is 5.92. The van der Waals surface area contributed by atoms with Crippen molar-refractivity contribution in [3.05, 3.63) is 71.6 Å². The van der Waals surface area contributed by atoms with Gasteiger partial charge in [0.2, 0.25) is 0 Å². The van der Waals surface area contributed by atoms with Gasteiger partial charge in [-0.25, -0.2) is 0 Å². The number of ether oxygens (including phenoxy) is 2. The summed E-state index contributed by atoms with van der Waals surface area (Å²) in [6.07, 6.45) is 22.6. The third-order valence-electron chi connectivity index (χ3n) is 3.55. The van der Waals surface area contributed by atoms with E-state index in [4.69, 9.17) is 9.47 Å². The van der Waals surface area contributed by atoms with Crippen LogP contribution in [0.15, 0.2) is 71.6 Å². The zero-order chi connectivity index (χ0) is 13.6. The molecule has 0 aromatic heterocycles. The van der Waals surface area contributed by atoms with Crippen LogP contribution in [0.25, 0.3) is 0 Å². The van der Waals surface area contributed by atoms with Crippen molar-refractivity contribution in [2.75, 3.05) is 0 Å². The van der Waals surface area contributed by atoms with Gasteiger partial charge in [-0.05, 0) is 37.1 Å². The summed E-state index contributed by atoms with van der Waals surface area (Å²) in [5, 5.41) is 0. The Labute approximate surface area is 120 Å². The maximum absolute atomic E-state index is 5.92. The van der Waals surface area contributed by atoms with Crippen molar-refractivity contribution in [2.45, 2.75) is 38.5 Å². The van der Waals surface area contributed by atoms with Crippen LogP contribution in [0.3, 0.4) is 0 Å². The fourth-order valence-electron chi connectivity index (χ4n) is 2.44. The van der Waals surface area contributed by atoms with Gasteiger partial charge in [-0.3, -0.25) is 0 Å². The highest BCUT2D eigenvalue weighted by Crippen LogP contribution is 2.27. The molecule has 0 radical (unpaired) electrons. The SMILES string of the molecule is C1=CCCC(OC2=CC=C(OC3=CC=CCC3)CC2)=C1. The Morgan fingerprint density at radius 3 is 1.35 bits per heavy atom. The molecular formula is C18H20O2. The zero-order valence-electron chi connectivity index (χ0n) is 11.7. The Kier molecular flexibility index (Phi) is 4.22. The summed E-state index contributed by atoms with van der Waals surface area (Å²) in [7, 11) is 0. The molecule has 0 saturated heterocycles. The molecule has 0 saturated carbocycles. The molecule has 0 heterocycles. The lowest BCUT2D eigenvalue weighted by atomic mass is 10.1. The van der Waals surface area contributed by atoms with Crippen molar-refractivity contribution in [1.29, 1.82) is 0 Å². The van der Waals surface area contributed by atoms with Crippen molar-refractivity contribution in [3.63, 3.8) is 0 Å². The molecular weight excluding hydrogens is 248 g/mol. The summed E-state index contributed by atoms with van der Waals surface area (Å²) >= 11 is 0. The first-order chi connectivity index (χ1) is 9.90. The second kappa shape index (κ2) is 6.47. The minimum absolute atomic E-state index is 0.913. The molecule has 0 aromatic rings. The van der Waals surface area contributed by atoms with E-state index in [1.54, 1.807) is 0 Å². The maximum Gasteiger partial charge on any atom is 0.104 e. The van der Waals surface area contributed by atoms with Gasteiger partial charge in [0.15, 0.2) is 0 Å². The van der Waals surface area contributed by atoms with Crippen LogP contribution in [0.4, 0.5) is 0 Å². The van der Waals surface area contributed by atoms with E-state index in [1.807, 2.05) is 12.2 Å². The lowest BCUT2D eigenvalue weighted by Gasteiger charge is -2.19. The van der Waals surface area contributed by atoms with Crippen molar-refractivity contribution >= 4 is 0 Å². The first-order valence-corrected chi connectivity index (χ1v) is 7.37. The Balaban J connectivity index is 1.58. The molecule has 104 valence electrons. The van der Waals surface area contributed by atoms with E-state index in [2.05, 4.69) is 36.5 Å². The largest absolute Gasteiger partial charge is 0.466 e. The molecule has 0 amide bonds. The second-order valence-corrected chi connectivity index (χ2v) is 5.17. The molecule has 0 unspecified atom stereocenters. The van der Waals surface area contributed by atoms with Gasteiger partial charge < -0.3 is 9.47 Å². The average Bonchev–Trinajstić information content (AvgIpc) is 2.51.